The number of rotatable bonds is 8. The number of carbonyl (C=O) groups excluding carboxylic acids is 2. The third kappa shape index (κ3) is 6.51. The molecule has 2 atom stereocenters. The van der Waals surface area contributed by atoms with Crippen LogP contribution in [0.15, 0.2) is 59.1 Å². The molecule has 2 aromatic carbocycles. The van der Waals surface area contributed by atoms with Crippen LogP contribution in [0.4, 0.5) is 0 Å². The first-order valence-corrected chi connectivity index (χ1v) is 10.1. The first-order valence-electron chi connectivity index (χ1n) is 9.29. The van der Waals surface area contributed by atoms with Gasteiger partial charge in [-0.1, -0.05) is 65.3 Å². The van der Waals surface area contributed by atoms with E-state index in [1.165, 1.54) is 0 Å². The number of carbonyl (C=O) groups is 2. The molecule has 27 heavy (non-hydrogen) atoms. The molecular weight excluding hydrogens is 404 g/mol. The highest BCUT2D eigenvalue weighted by Gasteiger charge is 2.26. The first kappa shape index (κ1) is 21.2. The van der Waals surface area contributed by atoms with Gasteiger partial charge in [0.05, 0.1) is 6.42 Å². The van der Waals surface area contributed by atoms with Crippen LogP contribution in [0, 0.1) is 0 Å². The summed E-state index contributed by atoms with van der Waals surface area (Å²) >= 11 is 3.47. The summed E-state index contributed by atoms with van der Waals surface area (Å²) in [6.45, 7) is 6.17. The van der Waals surface area contributed by atoms with Crippen molar-refractivity contribution in [2.45, 2.75) is 52.2 Å². The molecule has 1 N–H and O–H groups in total. The van der Waals surface area contributed by atoms with Crippen LogP contribution in [-0.2, 0) is 22.6 Å². The van der Waals surface area contributed by atoms with Gasteiger partial charge in [0, 0.05) is 17.1 Å². The minimum Gasteiger partial charge on any atom is -0.352 e. The number of hydrogen-bond donors (Lipinski definition) is 1. The Kier molecular flexibility index (Phi) is 8.04. The smallest absolute Gasteiger partial charge is 0.242 e. The number of amides is 2. The summed E-state index contributed by atoms with van der Waals surface area (Å²) in [5.41, 5.74) is 1.92. The zero-order valence-electron chi connectivity index (χ0n) is 16.1. The molecule has 2 amide bonds. The van der Waals surface area contributed by atoms with Crippen molar-refractivity contribution in [3.05, 3.63) is 70.2 Å². The van der Waals surface area contributed by atoms with Crippen LogP contribution in [0.2, 0.25) is 0 Å². The van der Waals surface area contributed by atoms with E-state index in [0.29, 0.717) is 6.54 Å². The summed E-state index contributed by atoms with van der Waals surface area (Å²) in [5, 5.41) is 2.98. The van der Waals surface area contributed by atoms with Gasteiger partial charge in [-0.2, -0.15) is 0 Å². The Bertz CT molecular complexity index is 764. The lowest BCUT2D eigenvalue weighted by Gasteiger charge is -2.30. The standard InChI is InChI=1S/C22H27BrN2O2/c1-4-16(2)24-22(27)17(3)25(15-19-11-8-12-20(23)13-19)21(26)14-18-9-6-5-7-10-18/h5-13,16-17H,4,14-15H2,1-3H3,(H,24,27). The van der Waals surface area contributed by atoms with Gasteiger partial charge in [-0.15, -0.1) is 0 Å². The van der Waals surface area contributed by atoms with E-state index in [-0.39, 0.29) is 24.3 Å². The van der Waals surface area contributed by atoms with Crippen LogP contribution in [0.3, 0.4) is 0 Å². The van der Waals surface area contributed by atoms with Crippen molar-refractivity contribution in [3.63, 3.8) is 0 Å². The van der Waals surface area contributed by atoms with Crippen molar-refractivity contribution >= 4 is 27.7 Å². The van der Waals surface area contributed by atoms with E-state index in [9.17, 15) is 9.59 Å². The maximum atomic E-state index is 13.0. The Morgan fingerprint density at radius 3 is 2.33 bits per heavy atom. The average Bonchev–Trinajstić information content (AvgIpc) is 2.66. The minimum absolute atomic E-state index is 0.0621. The molecule has 0 heterocycles. The van der Waals surface area contributed by atoms with Gasteiger partial charge in [0.1, 0.15) is 6.04 Å². The average molecular weight is 431 g/mol. The number of hydrogen-bond acceptors (Lipinski definition) is 2. The summed E-state index contributed by atoms with van der Waals surface area (Å²) in [6, 6.07) is 17.0. The summed E-state index contributed by atoms with van der Waals surface area (Å²) in [6.07, 6.45) is 1.12. The minimum atomic E-state index is -0.547. The molecule has 0 spiro atoms. The molecule has 0 bridgehead atoms. The second-order valence-corrected chi connectivity index (χ2v) is 7.72. The van der Waals surface area contributed by atoms with Crippen molar-refractivity contribution < 1.29 is 9.59 Å². The zero-order chi connectivity index (χ0) is 19.8. The molecule has 4 nitrogen and oxygen atoms in total. The number of nitrogens with zero attached hydrogens (tertiary/aromatic N) is 1. The Hall–Kier alpha value is -2.14. The van der Waals surface area contributed by atoms with Crippen molar-refractivity contribution in [2.24, 2.45) is 0 Å². The molecule has 144 valence electrons. The molecule has 2 rings (SSSR count). The summed E-state index contributed by atoms with van der Waals surface area (Å²) in [4.78, 5) is 27.4. The summed E-state index contributed by atoms with van der Waals surface area (Å²) in [5.74, 6) is -0.186. The van der Waals surface area contributed by atoms with Crippen LogP contribution >= 0.6 is 15.9 Å². The number of halogens is 1. The molecular formula is C22H27BrN2O2. The molecule has 0 radical (unpaired) electrons. The van der Waals surface area contributed by atoms with E-state index in [1.807, 2.05) is 68.4 Å². The molecule has 5 heteroatoms. The maximum absolute atomic E-state index is 13.0. The molecule has 0 saturated heterocycles. The van der Waals surface area contributed by atoms with Crippen LogP contribution < -0.4 is 5.32 Å². The van der Waals surface area contributed by atoms with E-state index in [0.717, 1.165) is 22.0 Å². The van der Waals surface area contributed by atoms with E-state index in [1.54, 1.807) is 11.8 Å². The second-order valence-electron chi connectivity index (χ2n) is 6.81. The van der Waals surface area contributed by atoms with Crippen molar-refractivity contribution in [3.8, 4) is 0 Å². The van der Waals surface area contributed by atoms with Gasteiger partial charge in [-0.05, 0) is 43.5 Å². The van der Waals surface area contributed by atoms with Gasteiger partial charge in [-0.25, -0.2) is 0 Å². The quantitative estimate of drug-likeness (QED) is 0.677. The van der Waals surface area contributed by atoms with E-state index < -0.39 is 6.04 Å². The van der Waals surface area contributed by atoms with Crippen LogP contribution in [0.1, 0.15) is 38.3 Å². The van der Waals surface area contributed by atoms with Gasteiger partial charge in [-0.3, -0.25) is 9.59 Å². The Balaban J connectivity index is 2.21. The van der Waals surface area contributed by atoms with Gasteiger partial charge >= 0.3 is 0 Å². The molecule has 0 aliphatic rings. The van der Waals surface area contributed by atoms with E-state index in [2.05, 4.69) is 21.2 Å². The zero-order valence-corrected chi connectivity index (χ0v) is 17.7. The van der Waals surface area contributed by atoms with E-state index in [4.69, 9.17) is 0 Å². The van der Waals surface area contributed by atoms with Crippen LogP contribution in [-0.4, -0.2) is 28.8 Å². The Morgan fingerprint density at radius 1 is 1.04 bits per heavy atom. The predicted octanol–water partition coefficient (Wildman–Crippen LogP) is 4.32. The fraction of sp³-hybridized carbons (Fsp3) is 0.364. The highest BCUT2D eigenvalue weighted by atomic mass is 79.9. The van der Waals surface area contributed by atoms with Gasteiger partial charge in [0.2, 0.25) is 11.8 Å². The van der Waals surface area contributed by atoms with Crippen molar-refractivity contribution in [1.29, 1.82) is 0 Å². The Labute approximate surface area is 170 Å². The van der Waals surface area contributed by atoms with Gasteiger partial charge in [0.15, 0.2) is 0 Å². The van der Waals surface area contributed by atoms with Crippen molar-refractivity contribution in [1.82, 2.24) is 10.2 Å². The number of nitrogens with one attached hydrogen (secondary N) is 1. The maximum Gasteiger partial charge on any atom is 0.242 e. The topological polar surface area (TPSA) is 49.4 Å². The molecule has 0 aromatic heterocycles. The molecule has 0 aliphatic heterocycles. The van der Waals surface area contributed by atoms with Crippen molar-refractivity contribution in [2.75, 3.05) is 0 Å². The lowest BCUT2D eigenvalue weighted by Crippen LogP contribution is -2.49. The lowest BCUT2D eigenvalue weighted by molar-refractivity contribution is -0.140. The number of benzene rings is 2. The predicted molar refractivity (Wildman–Crippen MR) is 112 cm³/mol. The largest absolute Gasteiger partial charge is 0.352 e. The van der Waals surface area contributed by atoms with Crippen LogP contribution in [0.25, 0.3) is 0 Å². The van der Waals surface area contributed by atoms with Gasteiger partial charge in [0.25, 0.3) is 0 Å². The molecule has 0 aliphatic carbocycles. The fourth-order valence-corrected chi connectivity index (χ4v) is 3.20. The third-order valence-electron chi connectivity index (χ3n) is 4.61. The monoisotopic (exact) mass is 430 g/mol. The fourth-order valence-electron chi connectivity index (χ4n) is 2.75. The summed E-state index contributed by atoms with van der Waals surface area (Å²) in [7, 11) is 0. The summed E-state index contributed by atoms with van der Waals surface area (Å²) < 4.78 is 0.951. The Morgan fingerprint density at radius 2 is 1.70 bits per heavy atom. The van der Waals surface area contributed by atoms with Crippen LogP contribution in [0.5, 0.6) is 0 Å². The molecule has 2 aromatic rings. The normalized spacial score (nSPS) is 12.9. The first-order chi connectivity index (χ1) is 12.9. The molecule has 0 fully saturated rings. The molecule has 2 unspecified atom stereocenters. The molecule has 0 saturated carbocycles. The lowest BCUT2D eigenvalue weighted by atomic mass is 10.1. The van der Waals surface area contributed by atoms with Gasteiger partial charge < -0.3 is 10.2 Å². The second kappa shape index (κ2) is 10.3. The third-order valence-corrected chi connectivity index (χ3v) is 5.10. The highest BCUT2D eigenvalue weighted by Crippen LogP contribution is 2.16. The highest BCUT2D eigenvalue weighted by molar-refractivity contribution is 9.10. The SMILES string of the molecule is CCC(C)NC(=O)C(C)N(Cc1cccc(Br)c1)C(=O)Cc1ccccc1. The van der Waals surface area contributed by atoms with E-state index >= 15 is 0 Å².